The second-order valence-electron chi connectivity index (χ2n) is 7.58. The molecule has 4 rings (SSSR count). The third-order valence-corrected chi connectivity index (χ3v) is 5.69. The molecule has 1 heterocycles. The molecule has 0 radical (unpaired) electrons. The first kappa shape index (κ1) is 23.3. The minimum absolute atomic E-state index is 0.242. The van der Waals surface area contributed by atoms with E-state index in [-0.39, 0.29) is 5.56 Å². The molecule has 2 N–H and O–H groups in total. The molecule has 2 amide bonds. The number of hydrogen-bond donors (Lipinski definition) is 2. The SMILES string of the molecule is COc1ccc(/C=[N+]2\NC(=O)[C@H](NC(=O)c3ccc(F)cc3)[C@H]2c2ccc(Cl)cc2)cc1OC. The Kier molecular flexibility index (Phi) is 6.79. The lowest BCUT2D eigenvalue weighted by Crippen LogP contribution is -2.42. The summed E-state index contributed by atoms with van der Waals surface area (Å²) in [4.78, 5) is 25.8. The van der Waals surface area contributed by atoms with E-state index in [2.05, 4.69) is 10.7 Å². The summed E-state index contributed by atoms with van der Waals surface area (Å²) in [6.45, 7) is 0. The fourth-order valence-corrected chi connectivity index (χ4v) is 3.89. The maximum atomic E-state index is 13.3. The molecule has 1 aliphatic heterocycles. The Balaban J connectivity index is 1.71. The average molecular weight is 483 g/mol. The number of hydrazine groups is 1. The van der Waals surface area contributed by atoms with Gasteiger partial charge in [-0.2, -0.15) is 0 Å². The van der Waals surface area contributed by atoms with E-state index in [1.807, 2.05) is 6.07 Å². The molecular weight excluding hydrogens is 461 g/mol. The predicted molar refractivity (Wildman–Crippen MR) is 125 cm³/mol. The second kappa shape index (κ2) is 9.93. The van der Waals surface area contributed by atoms with E-state index < -0.39 is 29.7 Å². The van der Waals surface area contributed by atoms with Crippen LogP contribution in [0.1, 0.15) is 27.5 Å². The number of amides is 2. The fraction of sp³-hybridized carbons (Fsp3) is 0.160. The van der Waals surface area contributed by atoms with Crippen LogP contribution in [-0.4, -0.2) is 43.0 Å². The van der Waals surface area contributed by atoms with Crippen molar-refractivity contribution in [2.75, 3.05) is 14.2 Å². The maximum absolute atomic E-state index is 13.3. The van der Waals surface area contributed by atoms with Gasteiger partial charge in [-0.3, -0.25) is 9.59 Å². The average Bonchev–Trinajstić information content (AvgIpc) is 3.14. The molecule has 0 saturated carbocycles. The lowest BCUT2D eigenvalue weighted by molar-refractivity contribution is -0.596. The van der Waals surface area contributed by atoms with Gasteiger partial charge in [0.25, 0.3) is 5.91 Å². The molecule has 0 unspecified atom stereocenters. The second-order valence-corrected chi connectivity index (χ2v) is 8.02. The first-order valence-corrected chi connectivity index (χ1v) is 10.7. The van der Waals surface area contributed by atoms with Gasteiger partial charge < -0.3 is 14.8 Å². The number of nitrogens with one attached hydrogen (secondary N) is 2. The number of hydrazone groups is 1. The van der Waals surface area contributed by atoms with Crippen molar-refractivity contribution in [1.82, 2.24) is 10.7 Å². The molecule has 2 atom stereocenters. The molecular formula is C25H22ClFN3O4+. The molecule has 1 aliphatic rings. The molecule has 3 aromatic rings. The summed E-state index contributed by atoms with van der Waals surface area (Å²) in [5, 5.41) is 3.32. The van der Waals surface area contributed by atoms with E-state index in [0.29, 0.717) is 16.5 Å². The van der Waals surface area contributed by atoms with Crippen molar-refractivity contribution in [2.45, 2.75) is 12.1 Å². The number of hydrogen-bond acceptors (Lipinski definition) is 4. The lowest BCUT2D eigenvalue weighted by Gasteiger charge is -2.15. The van der Waals surface area contributed by atoms with Gasteiger partial charge in [-0.05, 0) is 54.6 Å². The minimum atomic E-state index is -0.921. The quantitative estimate of drug-likeness (QED) is 0.527. The van der Waals surface area contributed by atoms with Crippen molar-refractivity contribution < 1.29 is 28.1 Å². The van der Waals surface area contributed by atoms with Gasteiger partial charge in [0, 0.05) is 21.7 Å². The monoisotopic (exact) mass is 482 g/mol. The number of carbonyl (C=O) groups excluding carboxylic acids is 2. The number of ether oxygens (including phenoxy) is 2. The standard InChI is InChI=1S/C25H21ClFN3O4/c1-33-20-12-3-15(13-21(20)34-2)14-30-23(16-4-8-18(26)9-5-16)22(25(32)29-30)28-24(31)17-6-10-19(27)11-7-17/h3-14,22-23H,1-2H3,(H-,28,29,31,32)/p+1/b30-14-/t22-,23-/m1/s1. The van der Waals surface area contributed by atoms with E-state index >= 15 is 0 Å². The van der Waals surface area contributed by atoms with Crippen LogP contribution in [0.4, 0.5) is 4.39 Å². The van der Waals surface area contributed by atoms with Gasteiger partial charge in [0.05, 0.1) is 14.2 Å². The van der Waals surface area contributed by atoms with Gasteiger partial charge in [0.2, 0.25) is 12.3 Å². The molecule has 1 fully saturated rings. The summed E-state index contributed by atoms with van der Waals surface area (Å²) in [5.41, 5.74) is 4.54. The topological polar surface area (TPSA) is 79.7 Å². The summed E-state index contributed by atoms with van der Waals surface area (Å²) in [5.74, 6) is -0.237. The number of nitrogens with zero attached hydrogens (tertiary/aromatic N) is 1. The van der Waals surface area contributed by atoms with Crippen LogP contribution in [0.15, 0.2) is 66.7 Å². The van der Waals surface area contributed by atoms with Crippen molar-refractivity contribution in [3.8, 4) is 11.5 Å². The molecule has 1 saturated heterocycles. The zero-order chi connectivity index (χ0) is 24.2. The maximum Gasteiger partial charge on any atom is 0.304 e. The molecule has 34 heavy (non-hydrogen) atoms. The van der Waals surface area contributed by atoms with E-state index in [4.69, 9.17) is 21.1 Å². The van der Waals surface area contributed by atoms with Gasteiger partial charge in [0.1, 0.15) is 5.82 Å². The first-order chi connectivity index (χ1) is 16.4. The molecule has 9 heteroatoms. The normalized spacial score (nSPS) is 18.5. The van der Waals surface area contributed by atoms with Crippen LogP contribution in [0.3, 0.4) is 0 Å². The molecule has 0 bridgehead atoms. The number of carbonyl (C=O) groups is 2. The van der Waals surface area contributed by atoms with Crippen LogP contribution in [0.2, 0.25) is 5.02 Å². The zero-order valence-electron chi connectivity index (χ0n) is 18.4. The van der Waals surface area contributed by atoms with Crippen molar-refractivity contribution in [3.63, 3.8) is 0 Å². The van der Waals surface area contributed by atoms with Gasteiger partial charge in [-0.25, -0.2) is 4.39 Å². The van der Waals surface area contributed by atoms with E-state index in [1.165, 1.54) is 31.4 Å². The van der Waals surface area contributed by atoms with Crippen LogP contribution in [0.25, 0.3) is 0 Å². The third-order valence-electron chi connectivity index (χ3n) is 5.44. The summed E-state index contributed by atoms with van der Waals surface area (Å²) in [6, 6.07) is 16.0. The minimum Gasteiger partial charge on any atom is -0.493 e. The molecule has 0 spiro atoms. The van der Waals surface area contributed by atoms with E-state index in [1.54, 1.807) is 54.4 Å². The largest absolute Gasteiger partial charge is 0.493 e. The summed E-state index contributed by atoms with van der Waals surface area (Å²) in [7, 11) is 3.09. The Morgan fingerprint density at radius 1 is 1.03 bits per heavy atom. The summed E-state index contributed by atoms with van der Waals surface area (Å²) in [6.07, 6.45) is 1.74. The number of rotatable bonds is 6. The number of methoxy groups -OCH3 is 2. The van der Waals surface area contributed by atoms with Gasteiger partial charge >= 0.3 is 5.91 Å². The molecule has 7 nitrogen and oxygen atoms in total. The highest BCUT2D eigenvalue weighted by Gasteiger charge is 2.47. The third kappa shape index (κ3) is 4.87. The number of halogens is 2. The van der Waals surface area contributed by atoms with Crippen molar-refractivity contribution >= 4 is 29.6 Å². The lowest BCUT2D eigenvalue weighted by atomic mass is 9.99. The Labute approximate surface area is 200 Å². The Hall–Kier alpha value is -3.91. The molecule has 3 aromatic carbocycles. The van der Waals surface area contributed by atoms with E-state index in [9.17, 15) is 14.0 Å². The van der Waals surface area contributed by atoms with Crippen LogP contribution < -0.4 is 20.2 Å². The van der Waals surface area contributed by atoms with Crippen LogP contribution >= 0.6 is 11.6 Å². The zero-order valence-corrected chi connectivity index (χ0v) is 19.2. The number of benzene rings is 3. The van der Waals surface area contributed by atoms with Crippen molar-refractivity contribution in [2.24, 2.45) is 0 Å². The molecule has 0 aliphatic carbocycles. The smallest absolute Gasteiger partial charge is 0.304 e. The highest BCUT2D eigenvalue weighted by Crippen LogP contribution is 2.29. The van der Waals surface area contributed by atoms with Gasteiger partial charge in [0.15, 0.2) is 17.5 Å². The van der Waals surface area contributed by atoms with Crippen LogP contribution in [0.5, 0.6) is 11.5 Å². The highest BCUT2D eigenvalue weighted by molar-refractivity contribution is 6.30. The Morgan fingerprint density at radius 3 is 2.35 bits per heavy atom. The molecule has 0 aromatic heterocycles. The Morgan fingerprint density at radius 2 is 1.71 bits per heavy atom. The predicted octanol–water partition coefficient (Wildman–Crippen LogP) is 3.51. The van der Waals surface area contributed by atoms with E-state index in [0.717, 1.165) is 11.1 Å². The molecule has 174 valence electrons. The van der Waals surface area contributed by atoms with Crippen molar-refractivity contribution in [1.29, 1.82) is 0 Å². The van der Waals surface area contributed by atoms with Gasteiger partial charge in [-0.15, -0.1) is 10.1 Å². The van der Waals surface area contributed by atoms with Crippen LogP contribution in [0, 0.1) is 5.82 Å². The summed E-state index contributed by atoms with van der Waals surface area (Å²) < 4.78 is 25.5. The van der Waals surface area contributed by atoms with Gasteiger partial charge in [-0.1, -0.05) is 23.7 Å². The van der Waals surface area contributed by atoms with Crippen molar-refractivity contribution in [3.05, 3.63) is 94.3 Å². The fourth-order valence-electron chi connectivity index (χ4n) is 3.76. The first-order valence-electron chi connectivity index (χ1n) is 10.4. The Bertz CT molecular complexity index is 1250. The van der Waals surface area contributed by atoms with Crippen LogP contribution in [-0.2, 0) is 4.79 Å². The summed E-state index contributed by atoms with van der Waals surface area (Å²) >= 11 is 6.06. The highest BCUT2D eigenvalue weighted by atomic mass is 35.5.